The van der Waals surface area contributed by atoms with Crippen molar-refractivity contribution in [3.63, 3.8) is 0 Å². The van der Waals surface area contributed by atoms with Gasteiger partial charge in [-0.15, -0.1) is 15.3 Å². The highest BCUT2D eigenvalue weighted by Gasteiger charge is 2.19. The number of rotatable bonds is 6. The molecule has 1 aliphatic heterocycles. The summed E-state index contributed by atoms with van der Waals surface area (Å²) in [5.41, 5.74) is 3.45. The molecule has 0 atom stereocenters. The molecule has 0 unspecified atom stereocenters. The lowest BCUT2D eigenvalue weighted by atomic mass is 10.1. The Balaban J connectivity index is 1.26. The summed E-state index contributed by atoms with van der Waals surface area (Å²) in [5.74, 6) is 1.84. The Morgan fingerprint density at radius 3 is 2.76 bits per heavy atom. The summed E-state index contributed by atoms with van der Waals surface area (Å²) in [6.45, 7) is 3.53. The van der Waals surface area contributed by atoms with Crippen LogP contribution >= 0.6 is 0 Å². The molecule has 1 fully saturated rings. The van der Waals surface area contributed by atoms with Crippen LogP contribution in [0, 0.1) is 6.92 Å². The molecule has 12 heteroatoms. The Kier molecular flexibility index (Phi) is 5.06. The number of pyridine rings is 1. The number of methoxy groups -OCH3 is 1. The first-order valence-electron chi connectivity index (χ1n) is 11.0. The maximum Gasteiger partial charge on any atom is 0.275 e. The molecule has 1 saturated heterocycles. The maximum atomic E-state index is 6.00. The minimum atomic E-state index is 0.202. The Morgan fingerprint density at radius 2 is 1.97 bits per heavy atom. The molecule has 5 aromatic heterocycles. The van der Waals surface area contributed by atoms with Crippen LogP contribution in [0.15, 0.2) is 35.0 Å². The topological polar surface area (TPSA) is 128 Å². The second-order valence-electron chi connectivity index (χ2n) is 8.08. The van der Waals surface area contributed by atoms with E-state index in [0.29, 0.717) is 34.7 Å². The summed E-state index contributed by atoms with van der Waals surface area (Å²) in [4.78, 5) is 4.72. The molecule has 0 spiro atoms. The molecule has 0 saturated carbocycles. The van der Waals surface area contributed by atoms with Crippen molar-refractivity contribution in [1.29, 1.82) is 0 Å². The predicted octanol–water partition coefficient (Wildman–Crippen LogP) is 2.77. The fourth-order valence-electron chi connectivity index (χ4n) is 4.00. The van der Waals surface area contributed by atoms with Crippen LogP contribution in [0.25, 0.3) is 28.2 Å². The Bertz CT molecular complexity index is 1470. The minimum Gasteiger partial charge on any atom is -0.491 e. The molecule has 0 bridgehead atoms. The molecule has 1 aliphatic rings. The Labute approximate surface area is 193 Å². The van der Waals surface area contributed by atoms with E-state index in [0.717, 1.165) is 42.8 Å². The number of hydrogen-bond acceptors (Lipinski definition) is 10. The van der Waals surface area contributed by atoms with Gasteiger partial charge in [-0.2, -0.15) is 9.61 Å². The van der Waals surface area contributed by atoms with Gasteiger partial charge in [-0.25, -0.2) is 4.98 Å². The lowest BCUT2D eigenvalue weighted by molar-refractivity contribution is 0.0664. The van der Waals surface area contributed by atoms with Gasteiger partial charge in [0.05, 0.1) is 25.0 Å². The fourth-order valence-corrected chi connectivity index (χ4v) is 4.00. The molecular weight excluding hydrogens is 440 g/mol. The van der Waals surface area contributed by atoms with Crippen molar-refractivity contribution >= 4 is 16.7 Å². The second-order valence-corrected chi connectivity index (χ2v) is 8.08. The van der Waals surface area contributed by atoms with E-state index in [1.807, 2.05) is 29.9 Å². The molecule has 6 rings (SSSR count). The molecule has 0 N–H and O–H groups in total. The Morgan fingerprint density at radius 1 is 1.09 bits per heavy atom. The van der Waals surface area contributed by atoms with Crippen molar-refractivity contribution in [2.75, 3.05) is 20.3 Å². The van der Waals surface area contributed by atoms with Gasteiger partial charge < -0.3 is 18.7 Å². The first-order valence-corrected chi connectivity index (χ1v) is 11.0. The van der Waals surface area contributed by atoms with Crippen LogP contribution in [0.3, 0.4) is 0 Å². The highest BCUT2D eigenvalue weighted by atomic mass is 16.5. The maximum absolute atomic E-state index is 6.00. The molecule has 5 aromatic rings. The Hall–Kier alpha value is -4.06. The van der Waals surface area contributed by atoms with Crippen LogP contribution in [0.2, 0.25) is 0 Å². The number of aromatic nitrogens is 8. The van der Waals surface area contributed by atoms with E-state index in [-0.39, 0.29) is 12.5 Å². The number of hydrogen-bond donors (Lipinski definition) is 0. The quantitative estimate of drug-likeness (QED) is 0.371. The van der Waals surface area contributed by atoms with Gasteiger partial charge in [-0.3, -0.25) is 4.68 Å². The van der Waals surface area contributed by atoms with Crippen LogP contribution in [0.5, 0.6) is 11.6 Å². The van der Waals surface area contributed by atoms with Crippen LogP contribution in [0.4, 0.5) is 0 Å². The zero-order valence-electron chi connectivity index (χ0n) is 18.7. The molecule has 0 radical (unpaired) electrons. The monoisotopic (exact) mass is 462 g/mol. The van der Waals surface area contributed by atoms with Crippen molar-refractivity contribution in [2.45, 2.75) is 32.4 Å². The van der Waals surface area contributed by atoms with Gasteiger partial charge in [0.25, 0.3) is 5.88 Å². The van der Waals surface area contributed by atoms with Crippen molar-refractivity contribution < 1.29 is 18.7 Å². The van der Waals surface area contributed by atoms with Crippen molar-refractivity contribution in [3.8, 4) is 23.1 Å². The number of fused-ring (bicyclic) bond motifs is 2. The number of aryl methyl sites for hydroxylation is 1. The SMILES string of the molecule is COc1cc2nnc(-c3cc(C)on3)n2nc1OCc1ccc2nn(C3CCOCC3)cc2n1. The summed E-state index contributed by atoms with van der Waals surface area (Å²) in [7, 11) is 1.55. The molecule has 174 valence electrons. The zero-order chi connectivity index (χ0) is 23.1. The van der Waals surface area contributed by atoms with Gasteiger partial charge in [0.2, 0.25) is 5.82 Å². The molecule has 0 aliphatic carbocycles. The van der Waals surface area contributed by atoms with Crippen LogP contribution in [-0.2, 0) is 11.3 Å². The van der Waals surface area contributed by atoms with E-state index >= 15 is 0 Å². The van der Waals surface area contributed by atoms with Crippen molar-refractivity contribution in [3.05, 3.63) is 41.9 Å². The minimum absolute atomic E-state index is 0.202. The van der Waals surface area contributed by atoms with E-state index in [1.54, 1.807) is 23.8 Å². The second kappa shape index (κ2) is 8.37. The molecule has 34 heavy (non-hydrogen) atoms. The third kappa shape index (κ3) is 3.71. The van der Waals surface area contributed by atoms with Gasteiger partial charge in [-0.1, -0.05) is 5.16 Å². The van der Waals surface area contributed by atoms with Gasteiger partial charge in [-0.05, 0) is 31.9 Å². The van der Waals surface area contributed by atoms with Gasteiger partial charge >= 0.3 is 0 Å². The summed E-state index contributed by atoms with van der Waals surface area (Å²) < 4.78 is 25.6. The summed E-state index contributed by atoms with van der Waals surface area (Å²) in [5, 5.41) is 21.6. The fraction of sp³-hybridized carbons (Fsp3) is 0.364. The molecule has 6 heterocycles. The zero-order valence-corrected chi connectivity index (χ0v) is 18.7. The van der Waals surface area contributed by atoms with E-state index in [1.165, 1.54) is 0 Å². The van der Waals surface area contributed by atoms with E-state index in [9.17, 15) is 0 Å². The molecule has 0 amide bonds. The van der Waals surface area contributed by atoms with E-state index < -0.39 is 0 Å². The van der Waals surface area contributed by atoms with Crippen LogP contribution < -0.4 is 9.47 Å². The van der Waals surface area contributed by atoms with Crippen molar-refractivity contribution in [2.24, 2.45) is 0 Å². The first kappa shape index (κ1) is 20.5. The third-order valence-electron chi connectivity index (χ3n) is 5.76. The van der Waals surface area contributed by atoms with Crippen LogP contribution in [0.1, 0.15) is 30.3 Å². The largest absolute Gasteiger partial charge is 0.491 e. The smallest absolute Gasteiger partial charge is 0.275 e. The van der Waals surface area contributed by atoms with Crippen molar-refractivity contribution in [1.82, 2.24) is 39.7 Å². The number of ether oxygens (including phenoxy) is 3. The lowest BCUT2D eigenvalue weighted by Crippen LogP contribution is -2.19. The van der Waals surface area contributed by atoms with Gasteiger partial charge in [0.15, 0.2) is 17.1 Å². The lowest BCUT2D eigenvalue weighted by Gasteiger charge is -2.21. The van der Waals surface area contributed by atoms with E-state index in [4.69, 9.17) is 23.7 Å². The molecule has 12 nitrogen and oxygen atoms in total. The van der Waals surface area contributed by atoms with Crippen LogP contribution in [-0.4, -0.2) is 60.1 Å². The highest BCUT2D eigenvalue weighted by Crippen LogP contribution is 2.28. The van der Waals surface area contributed by atoms with E-state index in [2.05, 4.69) is 25.6 Å². The van der Waals surface area contributed by atoms with Gasteiger partial charge in [0, 0.05) is 25.3 Å². The average molecular weight is 462 g/mol. The molecular formula is C22H22N8O4. The third-order valence-corrected chi connectivity index (χ3v) is 5.76. The predicted molar refractivity (Wildman–Crippen MR) is 119 cm³/mol. The summed E-state index contributed by atoms with van der Waals surface area (Å²) >= 11 is 0. The first-order chi connectivity index (χ1) is 16.7. The summed E-state index contributed by atoms with van der Waals surface area (Å²) in [6.07, 6.45) is 3.90. The normalized spacial score (nSPS) is 14.8. The molecule has 0 aromatic carbocycles. The standard InChI is InChI=1S/C22H22N8O4/c1-13-9-17(28-34-13)21-25-24-20-10-19(31-2)22(27-30(20)21)33-12-14-3-4-16-18(23-14)11-29(26-16)15-5-7-32-8-6-15/h3-4,9-11,15H,5-8,12H2,1-2H3. The highest BCUT2D eigenvalue weighted by molar-refractivity contribution is 5.73. The number of nitrogens with zero attached hydrogens (tertiary/aromatic N) is 8. The van der Waals surface area contributed by atoms with Gasteiger partial charge in [0.1, 0.15) is 23.4 Å². The summed E-state index contributed by atoms with van der Waals surface area (Å²) in [6, 6.07) is 7.67. The average Bonchev–Trinajstić information content (AvgIpc) is 3.59.